The second kappa shape index (κ2) is 3.27. The zero-order valence-corrected chi connectivity index (χ0v) is 5.03. The first-order chi connectivity index (χ1) is 3.66. The summed E-state index contributed by atoms with van der Waals surface area (Å²) in [6, 6.07) is 0. The van der Waals surface area contributed by atoms with E-state index in [9.17, 15) is 4.79 Å². The smallest absolute Gasteiger partial charge is 0.248 e. The van der Waals surface area contributed by atoms with E-state index in [-0.39, 0.29) is 11.1 Å². The Labute approximate surface area is 52.8 Å². The Balaban J connectivity index is 3.55. The van der Waals surface area contributed by atoms with Crippen molar-refractivity contribution in [1.29, 1.82) is 0 Å². The minimum Gasteiger partial charge on any atom is -0.313 e. The lowest BCUT2D eigenvalue weighted by Gasteiger charge is -1.92. The zero-order valence-electron chi connectivity index (χ0n) is 4.28. The van der Waals surface area contributed by atoms with Gasteiger partial charge in [0.1, 0.15) is 5.16 Å². The Hall–Kier alpha value is -0.760. The first kappa shape index (κ1) is 7.24. The summed E-state index contributed by atoms with van der Waals surface area (Å²) in [4.78, 5) is 10.2. The van der Waals surface area contributed by atoms with Gasteiger partial charge in [-0.25, -0.2) is 0 Å². The molecule has 0 atom stereocenters. The summed E-state index contributed by atoms with van der Waals surface area (Å²) in [5.74, 6) is -0.343. The molecule has 3 heteroatoms. The van der Waals surface area contributed by atoms with Gasteiger partial charge in [0.25, 0.3) is 0 Å². The van der Waals surface area contributed by atoms with Crippen LogP contribution in [-0.2, 0) is 4.79 Å². The summed E-state index contributed by atoms with van der Waals surface area (Å²) < 4.78 is 0. The predicted molar refractivity (Wildman–Crippen MR) is 33.3 cm³/mol. The highest BCUT2D eigenvalue weighted by atomic mass is 35.5. The number of carbonyl (C=O) groups excluding carboxylic acids is 1. The van der Waals surface area contributed by atoms with Gasteiger partial charge in [-0.15, -0.1) is 0 Å². The van der Waals surface area contributed by atoms with Crippen molar-refractivity contribution < 1.29 is 4.79 Å². The van der Waals surface area contributed by atoms with E-state index in [1.807, 2.05) is 0 Å². The van der Waals surface area contributed by atoms with Gasteiger partial charge in [0, 0.05) is 0 Å². The SMILES string of the molecule is C=CC(=O)NC(=C)Cl. The molecule has 0 aliphatic heterocycles. The minimum absolute atomic E-state index is 0.106. The average molecular weight is 132 g/mol. The molecule has 0 saturated heterocycles. The van der Waals surface area contributed by atoms with Crippen LogP contribution in [0.4, 0.5) is 0 Å². The van der Waals surface area contributed by atoms with Crippen LogP contribution in [0, 0.1) is 0 Å². The number of nitrogens with one attached hydrogen (secondary N) is 1. The van der Waals surface area contributed by atoms with Crippen LogP contribution in [0.15, 0.2) is 24.4 Å². The van der Waals surface area contributed by atoms with Gasteiger partial charge < -0.3 is 5.32 Å². The fraction of sp³-hybridized carbons (Fsp3) is 0. The average Bonchev–Trinajstić information content (AvgIpc) is 1.65. The maximum absolute atomic E-state index is 10.2. The molecule has 0 aromatic heterocycles. The summed E-state index contributed by atoms with van der Waals surface area (Å²) in [6.45, 7) is 6.43. The van der Waals surface area contributed by atoms with Gasteiger partial charge in [-0.2, -0.15) is 0 Å². The van der Waals surface area contributed by atoms with Crippen molar-refractivity contribution in [2.75, 3.05) is 0 Å². The highest BCUT2D eigenvalue weighted by Crippen LogP contribution is 1.87. The van der Waals surface area contributed by atoms with E-state index in [1.54, 1.807) is 0 Å². The molecule has 0 aromatic carbocycles. The topological polar surface area (TPSA) is 29.1 Å². The van der Waals surface area contributed by atoms with Gasteiger partial charge in [0.05, 0.1) is 0 Å². The summed E-state index contributed by atoms with van der Waals surface area (Å²) in [7, 11) is 0. The number of hydrogen-bond acceptors (Lipinski definition) is 1. The van der Waals surface area contributed by atoms with E-state index in [2.05, 4.69) is 18.5 Å². The van der Waals surface area contributed by atoms with Crippen LogP contribution in [-0.4, -0.2) is 5.91 Å². The third-order valence-corrected chi connectivity index (χ3v) is 0.539. The number of rotatable bonds is 2. The van der Waals surface area contributed by atoms with Crippen molar-refractivity contribution in [3.05, 3.63) is 24.4 Å². The lowest BCUT2D eigenvalue weighted by Crippen LogP contribution is -2.15. The summed E-state index contributed by atoms with van der Waals surface area (Å²) in [5, 5.41) is 2.31. The molecule has 0 rings (SSSR count). The fourth-order valence-electron chi connectivity index (χ4n) is 0.185. The van der Waals surface area contributed by atoms with Gasteiger partial charge in [0.2, 0.25) is 5.91 Å². The Kier molecular flexibility index (Phi) is 2.96. The van der Waals surface area contributed by atoms with Gasteiger partial charge in [-0.05, 0) is 6.08 Å². The van der Waals surface area contributed by atoms with E-state index >= 15 is 0 Å². The molecule has 0 aliphatic rings. The molecule has 0 saturated carbocycles. The summed E-state index contributed by atoms with van der Waals surface area (Å²) in [6.07, 6.45) is 1.12. The number of halogens is 1. The molecule has 0 heterocycles. The first-order valence-electron chi connectivity index (χ1n) is 1.94. The van der Waals surface area contributed by atoms with Crippen molar-refractivity contribution in [1.82, 2.24) is 5.32 Å². The van der Waals surface area contributed by atoms with Crippen LogP contribution < -0.4 is 5.32 Å². The standard InChI is InChI=1S/C5H6ClNO/c1-3-5(8)7-4(2)6/h3H,1-2H2,(H,7,8). The Morgan fingerprint density at radius 1 is 1.75 bits per heavy atom. The van der Waals surface area contributed by atoms with Crippen LogP contribution >= 0.6 is 11.6 Å². The molecular formula is C5H6ClNO. The molecule has 0 fully saturated rings. The fourth-order valence-corrected chi connectivity index (χ4v) is 0.278. The van der Waals surface area contributed by atoms with E-state index in [0.717, 1.165) is 6.08 Å². The van der Waals surface area contributed by atoms with E-state index in [1.165, 1.54) is 0 Å². The maximum atomic E-state index is 10.2. The molecule has 1 N–H and O–H groups in total. The van der Waals surface area contributed by atoms with Gasteiger partial charge in [-0.3, -0.25) is 4.79 Å². The molecule has 8 heavy (non-hydrogen) atoms. The highest BCUT2D eigenvalue weighted by molar-refractivity contribution is 6.30. The lowest BCUT2D eigenvalue weighted by atomic mass is 10.6. The predicted octanol–water partition coefficient (Wildman–Crippen LogP) is 0.999. The summed E-state index contributed by atoms with van der Waals surface area (Å²) >= 11 is 5.18. The van der Waals surface area contributed by atoms with Crippen molar-refractivity contribution in [3.8, 4) is 0 Å². The number of amides is 1. The Morgan fingerprint density at radius 2 is 2.25 bits per heavy atom. The van der Waals surface area contributed by atoms with Crippen molar-refractivity contribution >= 4 is 17.5 Å². The molecule has 0 aliphatic carbocycles. The van der Waals surface area contributed by atoms with E-state index < -0.39 is 0 Å². The normalized spacial score (nSPS) is 7.62. The van der Waals surface area contributed by atoms with E-state index in [0.29, 0.717) is 0 Å². The largest absolute Gasteiger partial charge is 0.313 e. The van der Waals surface area contributed by atoms with Gasteiger partial charge >= 0.3 is 0 Å². The molecule has 0 unspecified atom stereocenters. The van der Waals surface area contributed by atoms with Crippen molar-refractivity contribution in [3.63, 3.8) is 0 Å². The number of carbonyl (C=O) groups is 1. The Morgan fingerprint density at radius 3 is 2.38 bits per heavy atom. The molecule has 1 amide bonds. The molecule has 0 aromatic rings. The first-order valence-corrected chi connectivity index (χ1v) is 2.32. The van der Waals surface area contributed by atoms with Gasteiger partial charge in [-0.1, -0.05) is 24.8 Å². The monoisotopic (exact) mass is 131 g/mol. The third kappa shape index (κ3) is 3.43. The van der Waals surface area contributed by atoms with Crippen LogP contribution in [0.1, 0.15) is 0 Å². The quantitative estimate of drug-likeness (QED) is 0.440. The van der Waals surface area contributed by atoms with Crippen molar-refractivity contribution in [2.24, 2.45) is 0 Å². The minimum atomic E-state index is -0.343. The van der Waals surface area contributed by atoms with E-state index in [4.69, 9.17) is 11.6 Å². The maximum Gasteiger partial charge on any atom is 0.248 e. The van der Waals surface area contributed by atoms with Crippen LogP contribution in [0.25, 0.3) is 0 Å². The Bertz CT molecular complexity index is 130. The second-order valence-electron chi connectivity index (χ2n) is 1.10. The molecule has 0 bridgehead atoms. The molecule has 0 spiro atoms. The number of hydrogen-bond donors (Lipinski definition) is 1. The van der Waals surface area contributed by atoms with Crippen molar-refractivity contribution in [2.45, 2.75) is 0 Å². The van der Waals surface area contributed by atoms with Gasteiger partial charge in [0.15, 0.2) is 0 Å². The third-order valence-electron chi connectivity index (χ3n) is 0.444. The van der Waals surface area contributed by atoms with Crippen LogP contribution in [0.2, 0.25) is 0 Å². The second-order valence-corrected chi connectivity index (χ2v) is 1.55. The van der Waals surface area contributed by atoms with Crippen LogP contribution in [0.3, 0.4) is 0 Å². The molecule has 44 valence electrons. The van der Waals surface area contributed by atoms with Crippen LogP contribution in [0.5, 0.6) is 0 Å². The molecule has 0 radical (unpaired) electrons. The summed E-state index contributed by atoms with van der Waals surface area (Å²) in [5.41, 5.74) is 0. The molecular weight excluding hydrogens is 126 g/mol. The highest BCUT2D eigenvalue weighted by Gasteiger charge is 1.90. The lowest BCUT2D eigenvalue weighted by molar-refractivity contribution is -0.115. The molecule has 2 nitrogen and oxygen atoms in total. The zero-order chi connectivity index (χ0) is 6.57.